The number of sulfone groups is 1. The highest BCUT2D eigenvalue weighted by Crippen LogP contribution is 2.27. The van der Waals surface area contributed by atoms with E-state index >= 15 is 0 Å². The van der Waals surface area contributed by atoms with Crippen LogP contribution in [-0.2, 0) is 16.4 Å². The van der Waals surface area contributed by atoms with Crippen molar-refractivity contribution in [2.24, 2.45) is 0 Å². The van der Waals surface area contributed by atoms with Crippen molar-refractivity contribution in [2.45, 2.75) is 43.3 Å². The van der Waals surface area contributed by atoms with Crippen LogP contribution in [0.3, 0.4) is 0 Å². The van der Waals surface area contributed by atoms with Gasteiger partial charge < -0.3 is 15.5 Å². The molecule has 39 heavy (non-hydrogen) atoms. The van der Waals surface area contributed by atoms with Crippen molar-refractivity contribution in [3.8, 4) is 11.4 Å². The fourth-order valence-electron chi connectivity index (χ4n) is 5.44. The van der Waals surface area contributed by atoms with Crippen LogP contribution < -0.4 is 15.5 Å². The number of fused-ring (bicyclic) bond motifs is 3. The summed E-state index contributed by atoms with van der Waals surface area (Å²) in [6.45, 7) is 3.83. The second-order valence-corrected chi connectivity index (χ2v) is 12.4. The van der Waals surface area contributed by atoms with Crippen molar-refractivity contribution in [3.05, 3.63) is 77.6 Å². The lowest BCUT2D eigenvalue weighted by atomic mass is 10.1. The second-order valence-electron chi connectivity index (χ2n) is 10.4. The molecule has 10 heteroatoms. The summed E-state index contributed by atoms with van der Waals surface area (Å²) in [5.41, 5.74) is 3.88. The van der Waals surface area contributed by atoms with E-state index in [1.165, 1.54) is 18.9 Å². The Kier molecular flexibility index (Phi) is 6.52. The summed E-state index contributed by atoms with van der Waals surface area (Å²) < 4.78 is 24.1. The average molecular weight is 543 g/mol. The first-order valence-electron chi connectivity index (χ1n) is 13.1. The zero-order valence-electron chi connectivity index (χ0n) is 21.9. The number of carbonyl (C=O) groups is 1. The monoisotopic (exact) mass is 542 g/mol. The molecule has 2 saturated heterocycles. The molecule has 1 aromatic carbocycles. The molecule has 0 spiro atoms. The third-order valence-electron chi connectivity index (χ3n) is 7.45. The molecule has 2 aliphatic heterocycles. The zero-order valence-corrected chi connectivity index (χ0v) is 22.7. The van der Waals surface area contributed by atoms with E-state index < -0.39 is 9.84 Å². The van der Waals surface area contributed by atoms with Crippen LogP contribution in [0.15, 0.2) is 65.7 Å². The van der Waals surface area contributed by atoms with Crippen LogP contribution >= 0.6 is 0 Å². The summed E-state index contributed by atoms with van der Waals surface area (Å²) in [6.07, 6.45) is 5.31. The van der Waals surface area contributed by atoms with Gasteiger partial charge in [-0.15, -0.1) is 0 Å². The number of hydrogen-bond acceptors (Lipinski definition) is 8. The molecule has 2 N–H and O–H groups in total. The van der Waals surface area contributed by atoms with E-state index in [0.29, 0.717) is 23.3 Å². The van der Waals surface area contributed by atoms with Gasteiger partial charge in [-0.25, -0.2) is 18.4 Å². The molecule has 0 radical (unpaired) electrons. The molecule has 2 unspecified atom stereocenters. The molecule has 3 aromatic heterocycles. The Hall–Kier alpha value is -3.89. The number of rotatable bonds is 6. The van der Waals surface area contributed by atoms with Gasteiger partial charge in [0, 0.05) is 48.6 Å². The normalized spacial score (nSPS) is 18.9. The summed E-state index contributed by atoms with van der Waals surface area (Å²) in [7, 11) is -3.43. The molecule has 0 saturated carbocycles. The quantitative estimate of drug-likeness (QED) is 0.381. The molecule has 2 fully saturated rings. The number of pyridine rings is 3. The number of anilines is 1. The van der Waals surface area contributed by atoms with Crippen LogP contribution in [0.5, 0.6) is 0 Å². The molecule has 1 amide bonds. The third-order valence-corrected chi connectivity index (χ3v) is 8.69. The summed E-state index contributed by atoms with van der Waals surface area (Å²) in [5.74, 6) is 0.604. The maximum atomic E-state index is 12.8. The lowest BCUT2D eigenvalue weighted by molar-refractivity contribution is 0.0950. The topological polar surface area (TPSA) is 117 Å². The number of amides is 1. The molecule has 0 aliphatic carbocycles. The first-order valence-corrected chi connectivity index (χ1v) is 14.9. The van der Waals surface area contributed by atoms with Gasteiger partial charge in [-0.05, 0) is 67.8 Å². The summed E-state index contributed by atoms with van der Waals surface area (Å²) >= 11 is 0. The fourth-order valence-corrected chi connectivity index (χ4v) is 6.43. The van der Waals surface area contributed by atoms with Gasteiger partial charge in [-0.2, -0.15) is 0 Å². The van der Waals surface area contributed by atoms with E-state index in [0.717, 1.165) is 47.5 Å². The SMILES string of the molecule is Cc1ccc(C(=O)NCc2cc3nc(-c4cccc(N5CC6CCC(C5)N6)n4)ccc3cn2)cc1S(C)(=O)=O. The molecule has 5 heterocycles. The van der Waals surface area contributed by atoms with Crippen molar-refractivity contribution >= 4 is 32.5 Å². The Morgan fingerprint density at radius 1 is 1.03 bits per heavy atom. The predicted octanol–water partition coefficient (Wildman–Crippen LogP) is 3.27. The maximum Gasteiger partial charge on any atom is 0.251 e. The van der Waals surface area contributed by atoms with Crippen molar-refractivity contribution in [2.75, 3.05) is 24.2 Å². The van der Waals surface area contributed by atoms with Crippen LogP contribution in [0, 0.1) is 6.92 Å². The number of aryl methyl sites for hydroxylation is 1. The van der Waals surface area contributed by atoms with Crippen LogP contribution in [0.4, 0.5) is 5.82 Å². The first kappa shape index (κ1) is 25.4. The van der Waals surface area contributed by atoms with Gasteiger partial charge in [-0.1, -0.05) is 12.1 Å². The minimum absolute atomic E-state index is 0.151. The van der Waals surface area contributed by atoms with E-state index in [4.69, 9.17) is 9.97 Å². The Balaban J connectivity index is 1.20. The van der Waals surface area contributed by atoms with Crippen LogP contribution in [-0.4, -0.2) is 60.7 Å². The lowest BCUT2D eigenvalue weighted by Crippen LogP contribution is -2.51. The number of piperazine rings is 1. The summed E-state index contributed by atoms with van der Waals surface area (Å²) in [6, 6.07) is 17.6. The van der Waals surface area contributed by atoms with Crippen LogP contribution in [0.1, 0.15) is 34.5 Å². The molecule has 2 bridgehead atoms. The first-order chi connectivity index (χ1) is 18.7. The summed E-state index contributed by atoms with van der Waals surface area (Å²) in [5, 5.41) is 7.38. The largest absolute Gasteiger partial charge is 0.353 e. The van der Waals surface area contributed by atoms with Gasteiger partial charge >= 0.3 is 0 Å². The smallest absolute Gasteiger partial charge is 0.251 e. The van der Waals surface area contributed by atoms with Crippen LogP contribution in [0.25, 0.3) is 22.3 Å². The van der Waals surface area contributed by atoms with E-state index in [1.807, 2.05) is 30.3 Å². The van der Waals surface area contributed by atoms with Gasteiger partial charge in [0.25, 0.3) is 5.91 Å². The highest BCUT2D eigenvalue weighted by molar-refractivity contribution is 7.90. The number of nitrogens with zero attached hydrogens (tertiary/aromatic N) is 4. The van der Waals surface area contributed by atoms with E-state index in [-0.39, 0.29) is 22.9 Å². The Morgan fingerprint density at radius 3 is 2.56 bits per heavy atom. The Morgan fingerprint density at radius 2 is 1.79 bits per heavy atom. The second kappa shape index (κ2) is 10.0. The van der Waals surface area contributed by atoms with Crippen molar-refractivity contribution < 1.29 is 13.2 Å². The highest BCUT2D eigenvalue weighted by Gasteiger charge is 2.32. The Bertz CT molecular complexity index is 1680. The number of aromatic nitrogens is 3. The maximum absolute atomic E-state index is 12.8. The highest BCUT2D eigenvalue weighted by atomic mass is 32.2. The third kappa shape index (κ3) is 5.35. The van der Waals surface area contributed by atoms with Gasteiger partial charge in [0.1, 0.15) is 5.82 Å². The zero-order chi connectivity index (χ0) is 27.1. The molecule has 2 atom stereocenters. The van der Waals surface area contributed by atoms with Gasteiger partial charge in [-0.3, -0.25) is 9.78 Å². The lowest BCUT2D eigenvalue weighted by Gasteiger charge is -2.33. The molecule has 9 nitrogen and oxygen atoms in total. The van der Waals surface area contributed by atoms with Crippen molar-refractivity contribution in [3.63, 3.8) is 0 Å². The molecular weight excluding hydrogens is 512 g/mol. The van der Waals surface area contributed by atoms with E-state index in [2.05, 4.69) is 26.6 Å². The predicted molar refractivity (Wildman–Crippen MR) is 150 cm³/mol. The minimum Gasteiger partial charge on any atom is -0.353 e. The van der Waals surface area contributed by atoms with Crippen LogP contribution in [0.2, 0.25) is 0 Å². The molecular formula is C29H30N6O3S. The molecule has 2 aliphatic rings. The summed E-state index contributed by atoms with van der Waals surface area (Å²) in [4.78, 5) is 29.5. The average Bonchev–Trinajstić information content (AvgIpc) is 3.27. The fraction of sp³-hybridized carbons (Fsp3) is 0.310. The minimum atomic E-state index is -3.43. The van der Waals surface area contributed by atoms with E-state index in [1.54, 1.807) is 25.3 Å². The number of benzene rings is 1. The van der Waals surface area contributed by atoms with Crippen molar-refractivity contribution in [1.82, 2.24) is 25.6 Å². The standard InChI is InChI=1S/C29H30N6O3S/c1-18-6-7-19(12-27(18)39(2,37)38)29(36)31-15-23-13-26-20(14-30-23)8-11-25(33-26)24-4-3-5-28(34-24)35-16-21-9-10-22(17-35)32-21/h3-8,11-14,21-22,32H,9-10,15-17H2,1-2H3,(H,31,36). The number of hydrogen-bond donors (Lipinski definition) is 2. The molecule has 6 rings (SSSR count). The molecule has 200 valence electrons. The van der Waals surface area contributed by atoms with Crippen molar-refractivity contribution in [1.29, 1.82) is 0 Å². The number of carbonyl (C=O) groups excluding carboxylic acids is 1. The molecule has 4 aromatic rings. The van der Waals surface area contributed by atoms with E-state index in [9.17, 15) is 13.2 Å². The van der Waals surface area contributed by atoms with Gasteiger partial charge in [0.2, 0.25) is 0 Å². The van der Waals surface area contributed by atoms with Gasteiger partial charge in [0.15, 0.2) is 9.84 Å². The number of nitrogens with one attached hydrogen (secondary N) is 2. The Labute approximate surface area is 227 Å². The van der Waals surface area contributed by atoms with Gasteiger partial charge in [0.05, 0.1) is 34.0 Å².